The van der Waals surface area contributed by atoms with Gasteiger partial charge in [0.2, 0.25) is 0 Å². The fourth-order valence-electron chi connectivity index (χ4n) is 1.14. The molecule has 3 nitrogen and oxygen atoms in total. The van der Waals surface area contributed by atoms with Crippen LogP contribution in [0.25, 0.3) is 11.3 Å². The van der Waals surface area contributed by atoms with Crippen molar-refractivity contribution in [3.63, 3.8) is 0 Å². The van der Waals surface area contributed by atoms with Crippen molar-refractivity contribution in [2.45, 2.75) is 0 Å². The standard InChI is InChI=1S/C10H7N2O/c13-7-9-6-10(12-11-9)8-4-2-1-3-5-8/h1-6H,(H,11,12). The second-order valence-electron chi connectivity index (χ2n) is 2.63. The zero-order valence-electron chi connectivity index (χ0n) is 6.82. The van der Waals surface area contributed by atoms with Crippen LogP contribution in [0.1, 0.15) is 5.69 Å². The van der Waals surface area contributed by atoms with Gasteiger partial charge in [-0.2, -0.15) is 5.10 Å². The number of benzene rings is 1. The van der Waals surface area contributed by atoms with E-state index in [2.05, 4.69) is 10.2 Å². The van der Waals surface area contributed by atoms with Crippen LogP contribution in [0.15, 0.2) is 36.4 Å². The van der Waals surface area contributed by atoms with Crippen LogP contribution in [0.4, 0.5) is 0 Å². The van der Waals surface area contributed by atoms with Crippen LogP contribution in [0, 0.1) is 0 Å². The van der Waals surface area contributed by atoms with Crippen molar-refractivity contribution in [2.75, 3.05) is 0 Å². The number of nitrogens with one attached hydrogen (secondary N) is 1. The van der Waals surface area contributed by atoms with Gasteiger partial charge in [0.15, 0.2) is 0 Å². The lowest BCUT2D eigenvalue weighted by Gasteiger charge is -1.93. The Morgan fingerprint density at radius 3 is 2.62 bits per heavy atom. The lowest BCUT2D eigenvalue weighted by Crippen LogP contribution is -1.76. The van der Waals surface area contributed by atoms with Crippen molar-refractivity contribution >= 4 is 6.29 Å². The van der Waals surface area contributed by atoms with Crippen LogP contribution < -0.4 is 0 Å². The third-order valence-electron chi connectivity index (χ3n) is 1.77. The summed E-state index contributed by atoms with van der Waals surface area (Å²) in [7, 11) is 0. The Morgan fingerprint density at radius 2 is 2.00 bits per heavy atom. The summed E-state index contributed by atoms with van der Waals surface area (Å²) >= 11 is 0. The van der Waals surface area contributed by atoms with Gasteiger partial charge < -0.3 is 0 Å². The number of aromatic amines is 1. The molecule has 1 heterocycles. The van der Waals surface area contributed by atoms with Crippen molar-refractivity contribution in [2.24, 2.45) is 0 Å². The van der Waals surface area contributed by atoms with Crippen LogP contribution >= 0.6 is 0 Å². The summed E-state index contributed by atoms with van der Waals surface area (Å²) in [4.78, 5) is 10.2. The highest BCUT2D eigenvalue weighted by atomic mass is 16.1. The zero-order valence-corrected chi connectivity index (χ0v) is 6.82. The maximum Gasteiger partial charge on any atom is 0.255 e. The first kappa shape index (κ1) is 7.73. The van der Waals surface area contributed by atoms with E-state index in [9.17, 15) is 4.79 Å². The van der Waals surface area contributed by atoms with Crippen molar-refractivity contribution in [3.8, 4) is 11.3 Å². The summed E-state index contributed by atoms with van der Waals surface area (Å²) in [5.41, 5.74) is 2.15. The van der Waals surface area contributed by atoms with E-state index < -0.39 is 0 Å². The van der Waals surface area contributed by atoms with E-state index in [-0.39, 0.29) is 0 Å². The quantitative estimate of drug-likeness (QED) is 0.744. The van der Waals surface area contributed by atoms with Crippen molar-refractivity contribution in [1.82, 2.24) is 10.2 Å². The molecular weight excluding hydrogens is 164 g/mol. The van der Waals surface area contributed by atoms with Crippen LogP contribution in [0.2, 0.25) is 0 Å². The average molecular weight is 171 g/mol. The third kappa shape index (κ3) is 1.49. The second kappa shape index (κ2) is 3.23. The molecule has 13 heavy (non-hydrogen) atoms. The minimum absolute atomic E-state index is 0.304. The predicted octanol–water partition coefficient (Wildman–Crippen LogP) is 1.53. The van der Waals surface area contributed by atoms with Crippen LogP contribution in [0.3, 0.4) is 0 Å². The number of H-pyrrole nitrogens is 1. The van der Waals surface area contributed by atoms with Crippen molar-refractivity contribution in [3.05, 3.63) is 42.1 Å². The molecule has 0 fully saturated rings. The molecule has 2 rings (SSSR count). The highest BCUT2D eigenvalue weighted by Gasteiger charge is 2.01. The van der Waals surface area contributed by atoms with Gasteiger partial charge in [-0.05, 0) is 11.6 Å². The molecule has 2 aromatic rings. The van der Waals surface area contributed by atoms with E-state index in [1.54, 1.807) is 12.4 Å². The van der Waals surface area contributed by atoms with Crippen LogP contribution in [0.5, 0.6) is 0 Å². The molecular formula is C10H7N2O. The zero-order chi connectivity index (χ0) is 9.10. The Labute approximate surface area is 75.4 Å². The summed E-state index contributed by atoms with van der Waals surface area (Å²) < 4.78 is 0. The van der Waals surface area contributed by atoms with Gasteiger partial charge in [0, 0.05) is 0 Å². The first-order valence-electron chi connectivity index (χ1n) is 3.89. The fourth-order valence-corrected chi connectivity index (χ4v) is 1.14. The molecule has 1 radical (unpaired) electrons. The molecule has 0 amide bonds. The number of nitrogens with zero attached hydrogens (tertiary/aromatic N) is 1. The van der Waals surface area contributed by atoms with Gasteiger partial charge in [-0.3, -0.25) is 9.89 Å². The SMILES string of the molecule is O=[C]c1cc(-c2ccccc2)[nH]n1. The second-order valence-corrected chi connectivity index (χ2v) is 2.63. The lowest BCUT2D eigenvalue weighted by atomic mass is 10.1. The highest BCUT2D eigenvalue weighted by Crippen LogP contribution is 2.15. The van der Waals surface area contributed by atoms with Crippen LogP contribution in [-0.4, -0.2) is 16.5 Å². The topological polar surface area (TPSA) is 45.8 Å². The smallest absolute Gasteiger partial charge is 0.255 e. The minimum atomic E-state index is 0.304. The predicted molar refractivity (Wildman–Crippen MR) is 48.8 cm³/mol. The number of aromatic nitrogens is 2. The van der Waals surface area contributed by atoms with E-state index in [1.165, 1.54) is 0 Å². The number of hydrogen-bond acceptors (Lipinski definition) is 2. The molecule has 0 aliphatic rings. The number of rotatable bonds is 2. The van der Waals surface area contributed by atoms with Gasteiger partial charge in [0.1, 0.15) is 5.69 Å². The van der Waals surface area contributed by atoms with Gasteiger partial charge in [-0.25, -0.2) is 0 Å². The van der Waals surface area contributed by atoms with Crippen LogP contribution in [-0.2, 0) is 4.79 Å². The van der Waals surface area contributed by atoms with E-state index >= 15 is 0 Å². The first-order chi connectivity index (χ1) is 6.40. The van der Waals surface area contributed by atoms with E-state index in [1.807, 2.05) is 30.3 Å². The van der Waals surface area contributed by atoms with Crippen molar-refractivity contribution < 1.29 is 4.79 Å². The van der Waals surface area contributed by atoms with Gasteiger partial charge >= 0.3 is 0 Å². The molecule has 0 unspecified atom stereocenters. The largest absolute Gasteiger partial charge is 0.283 e. The average Bonchev–Trinajstić information content (AvgIpc) is 2.67. The maximum absolute atomic E-state index is 10.2. The Hall–Kier alpha value is -1.90. The summed E-state index contributed by atoms with van der Waals surface area (Å²) in [6.07, 6.45) is 1.72. The molecule has 0 aliphatic heterocycles. The molecule has 3 heteroatoms. The third-order valence-corrected chi connectivity index (χ3v) is 1.77. The Bertz CT molecular complexity index is 406. The number of hydrogen-bond donors (Lipinski definition) is 1. The Kier molecular flexibility index (Phi) is 1.92. The molecule has 1 aromatic heterocycles. The summed E-state index contributed by atoms with van der Waals surface area (Å²) in [6, 6.07) is 11.4. The molecule has 0 aliphatic carbocycles. The van der Waals surface area contributed by atoms with E-state index in [0.717, 1.165) is 11.3 Å². The van der Waals surface area contributed by atoms with Gasteiger partial charge in [0.25, 0.3) is 6.29 Å². The Balaban J connectivity index is 2.41. The lowest BCUT2D eigenvalue weighted by molar-refractivity contribution is 0.561. The molecule has 0 atom stereocenters. The molecule has 63 valence electrons. The highest BCUT2D eigenvalue weighted by molar-refractivity contribution is 5.75. The van der Waals surface area contributed by atoms with Gasteiger partial charge in [0.05, 0.1) is 5.69 Å². The Morgan fingerprint density at radius 1 is 1.23 bits per heavy atom. The molecule has 0 bridgehead atoms. The first-order valence-corrected chi connectivity index (χ1v) is 3.89. The van der Waals surface area contributed by atoms with E-state index in [4.69, 9.17) is 0 Å². The normalized spacial score (nSPS) is 9.85. The summed E-state index contributed by atoms with van der Waals surface area (Å²) in [5, 5.41) is 6.52. The monoisotopic (exact) mass is 171 g/mol. The van der Waals surface area contributed by atoms with Crippen molar-refractivity contribution in [1.29, 1.82) is 0 Å². The molecule has 0 saturated carbocycles. The summed E-state index contributed by atoms with van der Waals surface area (Å²) in [6.45, 7) is 0. The molecule has 1 N–H and O–H groups in total. The summed E-state index contributed by atoms with van der Waals surface area (Å²) in [5.74, 6) is 0. The van der Waals surface area contributed by atoms with E-state index in [0.29, 0.717) is 5.69 Å². The molecule has 0 saturated heterocycles. The molecule has 0 spiro atoms. The minimum Gasteiger partial charge on any atom is -0.283 e. The fraction of sp³-hybridized carbons (Fsp3) is 0. The molecule has 1 aromatic carbocycles. The van der Waals surface area contributed by atoms with Gasteiger partial charge in [-0.15, -0.1) is 0 Å². The van der Waals surface area contributed by atoms with Gasteiger partial charge in [-0.1, -0.05) is 30.3 Å². The number of carbonyl (C=O) groups excluding carboxylic acids is 1. The maximum atomic E-state index is 10.2.